The van der Waals surface area contributed by atoms with Crippen molar-refractivity contribution in [3.8, 4) is 0 Å². The SMILES string of the molecule is O=C(CC1CCN(CCN2CCCCC2)CC1)NI. The molecule has 5 heteroatoms. The van der Waals surface area contributed by atoms with E-state index in [0.29, 0.717) is 12.3 Å². The number of nitrogens with zero attached hydrogens (tertiary/aromatic N) is 2. The minimum atomic E-state index is 0.187. The summed E-state index contributed by atoms with van der Waals surface area (Å²) in [5, 5.41) is 0. The molecule has 2 aliphatic rings. The standard InChI is InChI=1S/C14H26IN3O/c15-16-14(19)12-13-4-8-18(9-5-13)11-10-17-6-2-1-3-7-17/h13H,1-12H2,(H,16,19). The normalized spacial score (nSPS) is 23.4. The lowest BCUT2D eigenvalue weighted by atomic mass is 9.93. The van der Waals surface area contributed by atoms with E-state index >= 15 is 0 Å². The van der Waals surface area contributed by atoms with Crippen molar-refractivity contribution in [3.63, 3.8) is 0 Å². The number of hydrogen-bond donors (Lipinski definition) is 1. The summed E-state index contributed by atoms with van der Waals surface area (Å²) in [5.74, 6) is 0.786. The average Bonchev–Trinajstić information content (AvgIpc) is 2.47. The molecule has 2 rings (SSSR count). The quantitative estimate of drug-likeness (QED) is 0.587. The van der Waals surface area contributed by atoms with E-state index in [2.05, 4.69) is 13.3 Å². The fourth-order valence-electron chi connectivity index (χ4n) is 3.18. The molecule has 0 aromatic carbocycles. The maximum absolute atomic E-state index is 11.4. The lowest BCUT2D eigenvalue weighted by Gasteiger charge is -2.34. The van der Waals surface area contributed by atoms with Crippen LogP contribution in [0.15, 0.2) is 0 Å². The van der Waals surface area contributed by atoms with E-state index in [1.54, 1.807) is 0 Å². The van der Waals surface area contributed by atoms with Gasteiger partial charge >= 0.3 is 0 Å². The number of carbonyl (C=O) groups excluding carboxylic acids is 1. The van der Waals surface area contributed by atoms with E-state index in [1.807, 2.05) is 22.9 Å². The summed E-state index contributed by atoms with van der Waals surface area (Å²) in [5.41, 5.74) is 0. The van der Waals surface area contributed by atoms with Gasteiger partial charge in [0.25, 0.3) is 0 Å². The molecular weight excluding hydrogens is 353 g/mol. The Labute approximate surface area is 130 Å². The zero-order chi connectivity index (χ0) is 13.5. The van der Waals surface area contributed by atoms with Crippen LogP contribution in [0.25, 0.3) is 0 Å². The minimum absolute atomic E-state index is 0.187. The first-order valence-electron chi connectivity index (χ1n) is 7.62. The van der Waals surface area contributed by atoms with E-state index in [1.165, 1.54) is 71.4 Å². The van der Waals surface area contributed by atoms with Crippen molar-refractivity contribution in [1.82, 2.24) is 13.3 Å². The molecule has 2 aliphatic heterocycles. The van der Waals surface area contributed by atoms with Gasteiger partial charge < -0.3 is 9.80 Å². The molecule has 0 radical (unpaired) electrons. The lowest BCUT2D eigenvalue weighted by molar-refractivity contribution is -0.120. The summed E-state index contributed by atoms with van der Waals surface area (Å²) < 4.78 is 2.70. The van der Waals surface area contributed by atoms with Crippen molar-refractivity contribution in [1.29, 1.82) is 0 Å². The maximum atomic E-state index is 11.4. The molecular formula is C14H26IN3O. The van der Waals surface area contributed by atoms with Crippen molar-refractivity contribution >= 4 is 28.8 Å². The first kappa shape index (κ1) is 15.5. The van der Waals surface area contributed by atoms with Crippen molar-refractivity contribution < 1.29 is 4.79 Å². The number of carbonyl (C=O) groups is 1. The number of likely N-dealkylation sites (tertiary alicyclic amines) is 2. The monoisotopic (exact) mass is 379 g/mol. The van der Waals surface area contributed by atoms with Crippen LogP contribution >= 0.6 is 22.9 Å². The van der Waals surface area contributed by atoms with E-state index in [9.17, 15) is 4.79 Å². The Morgan fingerprint density at radius 2 is 1.58 bits per heavy atom. The lowest BCUT2D eigenvalue weighted by Crippen LogP contribution is -2.41. The van der Waals surface area contributed by atoms with E-state index < -0.39 is 0 Å². The molecule has 0 unspecified atom stereocenters. The fourth-order valence-corrected chi connectivity index (χ4v) is 3.40. The van der Waals surface area contributed by atoms with Gasteiger partial charge in [0.2, 0.25) is 5.91 Å². The van der Waals surface area contributed by atoms with Crippen LogP contribution in [0.1, 0.15) is 38.5 Å². The third kappa shape index (κ3) is 5.55. The van der Waals surface area contributed by atoms with E-state index in [4.69, 9.17) is 0 Å². The van der Waals surface area contributed by atoms with E-state index in [-0.39, 0.29) is 5.91 Å². The number of halogens is 1. The molecule has 0 aromatic rings. The van der Waals surface area contributed by atoms with Crippen molar-refractivity contribution in [2.24, 2.45) is 5.92 Å². The smallest absolute Gasteiger partial charge is 0.228 e. The van der Waals surface area contributed by atoms with Gasteiger partial charge in [-0.1, -0.05) is 6.42 Å². The van der Waals surface area contributed by atoms with Crippen LogP contribution < -0.4 is 3.53 Å². The number of piperidine rings is 2. The summed E-state index contributed by atoms with van der Waals surface area (Å²) in [6.45, 7) is 7.39. The van der Waals surface area contributed by atoms with Crippen LogP contribution in [0.2, 0.25) is 0 Å². The molecule has 0 aliphatic carbocycles. The summed E-state index contributed by atoms with van der Waals surface area (Å²) in [4.78, 5) is 16.5. The third-order valence-electron chi connectivity index (χ3n) is 4.47. The van der Waals surface area contributed by atoms with Crippen LogP contribution in [0, 0.1) is 5.92 Å². The van der Waals surface area contributed by atoms with Gasteiger partial charge in [-0.2, -0.15) is 0 Å². The van der Waals surface area contributed by atoms with Crippen LogP contribution in [0.5, 0.6) is 0 Å². The molecule has 2 heterocycles. The largest absolute Gasteiger partial charge is 0.302 e. The topological polar surface area (TPSA) is 35.6 Å². The second-order valence-corrected chi connectivity index (χ2v) is 6.45. The summed E-state index contributed by atoms with van der Waals surface area (Å²) >= 11 is 1.94. The Bertz CT molecular complexity index is 274. The number of nitrogens with one attached hydrogen (secondary N) is 1. The highest BCUT2D eigenvalue weighted by atomic mass is 127. The molecule has 1 amide bonds. The molecule has 2 fully saturated rings. The summed E-state index contributed by atoms with van der Waals surface area (Å²) in [6, 6.07) is 0. The second-order valence-electron chi connectivity index (χ2n) is 5.91. The van der Waals surface area contributed by atoms with Crippen LogP contribution in [0.3, 0.4) is 0 Å². The third-order valence-corrected chi connectivity index (χ3v) is 5.07. The molecule has 19 heavy (non-hydrogen) atoms. The van der Waals surface area contributed by atoms with Gasteiger partial charge in [-0.05, 0) is 57.8 Å². The van der Waals surface area contributed by atoms with Gasteiger partial charge in [0.05, 0.1) is 22.9 Å². The number of amides is 1. The van der Waals surface area contributed by atoms with Crippen molar-refractivity contribution in [2.75, 3.05) is 39.3 Å². The van der Waals surface area contributed by atoms with Gasteiger partial charge in [0.15, 0.2) is 0 Å². The molecule has 4 nitrogen and oxygen atoms in total. The summed E-state index contributed by atoms with van der Waals surface area (Å²) in [7, 11) is 0. The van der Waals surface area contributed by atoms with Crippen LogP contribution in [-0.2, 0) is 4.79 Å². The molecule has 0 atom stereocenters. The first-order chi connectivity index (χ1) is 9.28. The Balaban J connectivity index is 1.59. The first-order valence-corrected chi connectivity index (χ1v) is 8.70. The predicted molar refractivity (Wildman–Crippen MR) is 86.2 cm³/mol. The molecule has 0 spiro atoms. The van der Waals surface area contributed by atoms with Gasteiger partial charge in [0.1, 0.15) is 0 Å². The fraction of sp³-hybridized carbons (Fsp3) is 0.929. The van der Waals surface area contributed by atoms with Gasteiger partial charge in [-0.3, -0.25) is 8.32 Å². The molecule has 110 valence electrons. The second kappa shape index (κ2) is 8.42. The maximum Gasteiger partial charge on any atom is 0.228 e. The molecule has 0 aromatic heterocycles. The highest BCUT2D eigenvalue weighted by Gasteiger charge is 2.21. The van der Waals surface area contributed by atoms with Gasteiger partial charge in [-0.15, -0.1) is 0 Å². The highest BCUT2D eigenvalue weighted by molar-refractivity contribution is 14.1. The van der Waals surface area contributed by atoms with Crippen LogP contribution in [0.4, 0.5) is 0 Å². The predicted octanol–water partition coefficient (Wildman–Crippen LogP) is 2.04. The number of hydrogen-bond acceptors (Lipinski definition) is 3. The molecule has 2 saturated heterocycles. The Kier molecular flexibility index (Phi) is 6.87. The minimum Gasteiger partial charge on any atom is -0.302 e. The van der Waals surface area contributed by atoms with Crippen LogP contribution in [-0.4, -0.2) is 55.0 Å². The van der Waals surface area contributed by atoms with Crippen molar-refractivity contribution in [3.05, 3.63) is 0 Å². The molecule has 0 bridgehead atoms. The Morgan fingerprint density at radius 1 is 1.00 bits per heavy atom. The zero-order valence-corrected chi connectivity index (χ0v) is 13.9. The molecule has 0 saturated carbocycles. The highest BCUT2D eigenvalue weighted by Crippen LogP contribution is 2.20. The van der Waals surface area contributed by atoms with Crippen molar-refractivity contribution in [2.45, 2.75) is 38.5 Å². The summed E-state index contributed by atoms with van der Waals surface area (Å²) in [6.07, 6.45) is 7.26. The number of rotatable bonds is 5. The average molecular weight is 379 g/mol. The van der Waals surface area contributed by atoms with Gasteiger partial charge in [-0.25, -0.2) is 0 Å². The Hall–Kier alpha value is 0.120. The molecule has 1 N–H and O–H groups in total. The van der Waals surface area contributed by atoms with E-state index in [0.717, 1.165) is 0 Å². The zero-order valence-electron chi connectivity index (χ0n) is 11.7. The van der Waals surface area contributed by atoms with Gasteiger partial charge in [0, 0.05) is 19.5 Å². The Morgan fingerprint density at radius 3 is 2.16 bits per heavy atom.